The zero-order valence-electron chi connectivity index (χ0n) is 11.3. The molecule has 0 radical (unpaired) electrons. The molecular weight excluding hydrogens is 282 g/mol. The average Bonchev–Trinajstić information content (AvgIpc) is 2.78. The molecule has 0 bridgehead atoms. The van der Waals surface area contributed by atoms with Crippen molar-refractivity contribution in [3.63, 3.8) is 0 Å². The van der Waals surface area contributed by atoms with Gasteiger partial charge in [-0.05, 0) is 17.7 Å². The molecule has 1 heterocycles. The van der Waals surface area contributed by atoms with E-state index in [0.717, 1.165) is 12.1 Å². The zero-order chi connectivity index (χ0) is 15.4. The number of aryl methyl sites for hydroxylation is 1. The summed E-state index contributed by atoms with van der Waals surface area (Å²) in [6, 6.07) is 3.50. The molecule has 0 fully saturated rings. The maximum atomic E-state index is 13.2. The maximum Gasteiger partial charge on any atom is 0.317 e. The van der Waals surface area contributed by atoms with Crippen molar-refractivity contribution in [3.05, 3.63) is 47.3 Å². The molecule has 0 saturated carbocycles. The number of hydrogen-bond acceptors (Lipinski definition) is 4. The molecule has 21 heavy (non-hydrogen) atoms. The molecule has 0 aliphatic carbocycles. The van der Waals surface area contributed by atoms with Crippen LogP contribution < -0.4 is 0 Å². The van der Waals surface area contributed by atoms with Crippen LogP contribution in [-0.2, 0) is 24.9 Å². The van der Waals surface area contributed by atoms with Crippen molar-refractivity contribution >= 4 is 5.97 Å². The van der Waals surface area contributed by atoms with Gasteiger partial charge in [-0.25, -0.2) is 8.78 Å². The van der Waals surface area contributed by atoms with E-state index < -0.39 is 17.6 Å². The third-order valence-corrected chi connectivity index (χ3v) is 2.78. The lowest BCUT2D eigenvalue weighted by Crippen LogP contribution is -2.29. The molecule has 6 nitrogen and oxygen atoms in total. The van der Waals surface area contributed by atoms with Gasteiger partial charge in [-0.2, -0.15) is 0 Å². The first-order valence-electron chi connectivity index (χ1n) is 6.17. The molecule has 0 aliphatic rings. The summed E-state index contributed by atoms with van der Waals surface area (Å²) in [6.45, 7) is 0.175. The van der Waals surface area contributed by atoms with Crippen LogP contribution in [0.5, 0.6) is 0 Å². The minimum absolute atomic E-state index is 0.167. The quantitative estimate of drug-likeness (QED) is 0.866. The Balaban J connectivity index is 2.11. The summed E-state index contributed by atoms with van der Waals surface area (Å²) in [5, 5.41) is 16.6. The number of carboxylic acid groups (broad SMARTS) is 1. The Hall–Kier alpha value is -2.35. The number of rotatable bonds is 6. The molecule has 0 saturated heterocycles. The number of carboxylic acids is 1. The van der Waals surface area contributed by atoms with E-state index >= 15 is 0 Å². The van der Waals surface area contributed by atoms with Gasteiger partial charge < -0.3 is 5.11 Å². The van der Waals surface area contributed by atoms with E-state index in [4.69, 9.17) is 5.11 Å². The zero-order valence-corrected chi connectivity index (χ0v) is 11.3. The standard InChI is InChI=1S/C13H14F2N4O2/c1-18-6-10(16-17-18)7-19(8-13(20)21)5-9-2-3-11(14)12(15)4-9/h2-4,6H,5,7-8H2,1H3,(H,20,21). The Kier molecular flexibility index (Phi) is 4.59. The van der Waals surface area contributed by atoms with Gasteiger partial charge in [0.05, 0.1) is 12.2 Å². The van der Waals surface area contributed by atoms with Crippen LogP contribution >= 0.6 is 0 Å². The van der Waals surface area contributed by atoms with Gasteiger partial charge in [0.2, 0.25) is 0 Å². The number of halogens is 2. The van der Waals surface area contributed by atoms with Crippen LogP contribution in [0.15, 0.2) is 24.4 Å². The van der Waals surface area contributed by atoms with Gasteiger partial charge >= 0.3 is 5.97 Å². The van der Waals surface area contributed by atoms with Crippen molar-refractivity contribution in [1.29, 1.82) is 0 Å². The molecule has 2 aromatic rings. The van der Waals surface area contributed by atoms with Gasteiger partial charge in [-0.15, -0.1) is 5.10 Å². The summed E-state index contributed by atoms with van der Waals surface area (Å²) in [6.07, 6.45) is 1.67. The fourth-order valence-corrected chi connectivity index (χ4v) is 1.95. The van der Waals surface area contributed by atoms with Crippen LogP contribution in [0.2, 0.25) is 0 Å². The number of hydrogen-bond donors (Lipinski definition) is 1. The first-order chi connectivity index (χ1) is 9.94. The number of benzene rings is 1. The first-order valence-corrected chi connectivity index (χ1v) is 6.17. The maximum absolute atomic E-state index is 13.2. The Bertz CT molecular complexity index is 645. The second kappa shape index (κ2) is 6.40. The fraction of sp³-hybridized carbons (Fsp3) is 0.308. The molecule has 0 atom stereocenters. The van der Waals surface area contributed by atoms with Gasteiger partial charge in [0.25, 0.3) is 0 Å². The third-order valence-electron chi connectivity index (χ3n) is 2.78. The summed E-state index contributed by atoms with van der Waals surface area (Å²) in [5.41, 5.74) is 1.08. The lowest BCUT2D eigenvalue weighted by atomic mass is 10.2. The highest BCUT2D eigenvalue weighted by Gasteiger charge is 2.14. The minimum atomic E-state index is -1.01. The summed E-state index contributed by atoms with van der Waals surface area (Å²) in [7, 11) is 1.70. The molecule has 8 heteroatoms. The Morgan fingerprint density at radius 3 is 2.67 bits per heavy atom. The van der Waals surface area contributed by atoms with Crippen molar-refractivity contribution in [3.8, 4) is 0 Å². The fourth-order valence-electron chi connectivity index (χ4n) is 1.95. The molecule has 112 valence electrons. The third kappa shape index (κ3) is 4.32. The van der Waals surface area contributed by atoms with E-state index in [-0.39, 0.29) is 19.6 Å². The van der Waals surface area contributed by atoms with E-state index in [9.17, 15) is 13.6 Å². The Labute approximate surface area is 119 Å². The molecule has 0 unspecified atom stereocenters. The molecule has 0 spiro atoms. The Morgan fingerprint density at radius 1 is 1.33 bits per heavy atom. The number of nitrogens with zero attached hydrogens (tertiary/aromatic N) is 4. The predicted octanol–water partition coefficient (Wildman–Crippen LogP) is 1.18. The van der Waals surface area contributed by atoms with E-state index in [2.05, 4.69) is 10.3 Å². The topological polar surface area (TPSA) is 71.2 Å². The molecule has 1 N–H and O–H groups in total. The normalized spacial score (nSPS) is 11.0. The van der Waals surface area contributed by atoms with Crippen LogP contribution in [0.3, 0.4) is 0 Å². The first kappa shape index (κ1) is 15.0. The van der Waals surface area contributed by atoms with Gasteiger partial charge in [-0.1, -0.05) is 11.3 Å². The van der Waals surface area contributed by atoms with E-state index in [1.54, 1.807) is 18.1 Å². The molecule has 2 rings (SSSR count). The molecular formula is C13H14F2N4O2. The van der Waals surface area contributed by atoms with E-state index in [1.807, 2.05) is 0 Å². The summed E-state index contributed by atoms with van der Waals surface area (Å²) in [4.78, 5) is 12.5. The summed E-state index contributed by atoms with van der Waals surface area (Å²) in [5.74, 6) is -2.90. The van der Waals surface area contributed by atoms with Crippen molar-refractivity contribution in [1.82, 2.24) is 19.9 Å². The smallest absolute Gasteiger partial charge is 0.317 e. The van der Waals surface area contributed by atoms with Crippen molar-refractivity contribution < 1.29 is 18.7 Å². The van der Waals surface area contributed by atoms with Crippen LogP contribution in [-0.4, -0.2) is 37.5 Å². The highest BCUT2D eigenvalue weighted by molar-refractivity contribution is 5.69. The predicted molar refractivity (Wildman–Crippen MR) is 69.1 cm³/mol. The lowest BCUT2D eigenvalue weighted by Gasteiger charge is -2.19. The van der Waals surface area contributed by atoms with Gasteiger partial charge in [0, 0.05) is 26.3 Å². The molecule has 0 aliphatic heterocycles. The molecule has 0 amide bonds. The minimum Gasteiger partial charge on any atom is -0.480 e. The second-order valence-corrected chi connectivity index (χ2v) is 4.67. The number of aromatic nitrogens is 3. The van der Waals surface area contributed by atoms with Gasteiger partial charge in [0.1, 0.15) is 0 Å². The monoisotopic (exact) mass is 296 g/mol. The van der Waals surface area contributed by atoms with E-state index in [0.29, 0.717) is 11.3 Å². The van der Waals surface area contributed by atoms with Gasteiger partial charge in [0.15, 0.2) is 11.6 Å². The summed E-state index contributed by atoms with van der Waals surface area (Å²) >= 11 is 0. The van der Waals surface area contributed by atoms with Crippen molar-refractivity contribution in [2.45, 2.75) is 13.1 Å². The highest BCUT2D eigenvalue weighted by atomic mass is 19.2. The molecule has 1 aromatic heterocycles. The summed E-state index contributed by atoms with van der Waals surface area (Å²) < 4.78 is 27.6. The highest BCUT2D eigenvalue weighted by Crippen LogP contribution is 2.12. The lowest BCUT2D eigenvalue weighted by molar-refractivity contribution is -0.138. The largest absolute Gasteiger partial charge is 0.480 e. The van der Waals surface area contributed by atoms with E-state index in [1.165, 1.54) is 10.7 Å². The molecule has 1 aromatic carbocycles. The van der Waals surface area contributed by atoms with Crippen LogP contribution in [0.4, 0.5) is 8.78 Å². The second-order valence-electron chi connectivity index (χ2n) is 4.67. The SMILES string of the molecule is Cn1cc(CN(CC(=O)O)Cc2ccc(F)c(F)c2)nn1. The van der Waals surface area contributed by atoms with Crippen LogP contribution in [0, 0.1) is 11.6 Å². The average molecular weight is 296 g/mol. The number of aliphatic carboxylic acids is 1. The Morgan fingerprint density at radius 2 is 2.10 bits per heavy atom. The van der Waals surface area contributed by atoms with Crippen LogP contribution in [0.25, 0.3) is 0 Å². The van der Waals surface area contributed by atoms with Crippen LogP contribution in [0.1, 0.15) is 11.3 Å². The van der Waals surface area contributed by atoms with Crippen molar-refractivity contribution in [2.24, 2.45) is 7.05 Å². The van der Waals surface area contributed by atoms with Crippen molar-refractivity contribution in [2.75, 3.05) is 6.54 Å². The van der Waals surface area contributed by atoms with Gasteiger partial charge in [-0.3, -0.25) is 14.4 Å². The number of carbonyl (C=O) groups is 1.